The largest absolute Gasteiger partial charge is 0.460 e. The van der Waals surface area contributed by atoms with E-state index in [1.807, 2.05) is 0 Å². The van der Waals surface area contributed by atoms with Crippen LogP contribution in [0.25, 0.3) is 10.9 Å². The fourth-order valence-electron chi connectivity index (χ4n) is 3.85. The zero-order valence-corrected chi connectivity index (χ0v) is 23.2. The molecule has 10 heteroatoms. The summed E-state index contributed by atoms with van der Waals surface area (Å²) in [5.41, 5.74) is 0.496. The SMILES string of the molecule is Cc1c(Cl)nc2ccc(Br)cc2c1C(=O)NCC(CCC(=O)OC(C)(C)C)c1c(F)ccc(F)c1Cl. The van der Waals surface area contributed by atoms with Gasteiger partial charge in [-0.15, -0.1) is 0 Å². The second kappa shape index (κ2) is 11.4. The van der Waals surface area contributed by atoms with Crippen LogP contribution >= 0.6 is 39.1 Å². The summed E-state index contributed by atoms with van der Waals surface area (Å²) in [6.07, 6.45) is -0.0161. The van der Waals surface area contributed by atoms with E-state index >= 15 is 0 Å². The van der Waals surface area contributed by atoms with Crippen molar-refractivity contribution in [3.63, 3.8) is 0 Å². The molecule has 1 aromatic heterocycles. The van der Waals surface area contributed by atoms with Gasteiger partial charge in [-0.05, 0) is 70.0 Å². The number of halogens is 5. The van der Waals surface area contributed by atoms with Crippen LogP contribution in [0.2, 0.25) is 10.2 Å². The second-order valence-corrected chi connectivity index (χ2v) is 11.0. The molecule has 0 aliphatic rings. The topological polar surface area (TPSA) is 68.3 Å². The van der Waals surface area contributed by atoms with Gasteiger partial charge < -0.3 is 10.1 Å². The molecular weight excluding hydrogens is 577 g/mol. The van der Waals surface area contributed by atoms with E-state index in [9.17, 15) is 18.4 Å². The van der Waals surface area contributed by atoms with Crippen LogP contribution in [0.3, 0.4) is 0 Å². The maximum Gasteiger partial charge on any atom is 0.306 e. The van der Waals surface area contributed by atoms with Crippen molar-refractivity contribution in [2.24, 2.45) is 0 Å². The lowest BCUT2D eigenvalue weighted by Gasteiger charge is -2.23. The lowest BCUT2D eigenvalue weighted by atomic mass is 9.92. The molecule has 36 heavy (non-hydrogen) atoms. The molecule has 0 radical (unpaired) electrons. The standard InChI is InChI=1S/C26H25BrCl2F2N2O3/c1-13-21(16-11-15(27)6-9-19(16)33-24(13)29)25(35)32-12-14(5-10-20(34)36-26(2,3)4)22-17(30)7-8-18(31)23(22)28/h6-9,11,14H,5,10,12H2,1-4H3,(H,32,35). The number of ether oxygens (including phenoxy) is 1. The highest BCUT2D eigenvalue weighted by Crippen LogP contribution is 2.33. The summed E-state index contributed by atoms with van der Waals surface area (Å²) in [6.45, 7) is 6.76. The third-order valence-electron chi connectivity index (χ3n) is 5.47. The maximum atomic E-state index is 14.8. The lowest BCUT2D eigenvalue weighted by molar-refractivity contribution is -0.155. The number of pyridine rings is 1. The van der Waals surface area contributed by atoms with Gasteiger partial charge in [0, 0.05) is 34.3 Å². The van der Waals surface area contributed by atoms with Crippen LogP contribution in [-0.4, -0.2) is 29.0 Å². The van der Waals surface area contributed by atoms with Crippen molar-refractivity contribution in [1.29, 1.82) is 0 Å². The molecule has 1 unspecified atom stereocenters. The lowest BCUT2D eigenvalue weighted by Crippen LogP contribution is -2.30. The number of hydrogen-bond donors (Lipinski definition) is 1. The zero-order chi connectivity index (χ0) is 26.8. The van der Waals surface area contributed by atoms with Gasteiger partial charge in [-0.2, -0.15) is 0 Å². The normalized spacial score (nSPS) is 12.5. The van der Waals surface area contributed by atoms with Gasteiger partial charge in [0.2, 0.25) is 0 Å². The molecule has 1 amide bonds. The van der Waals surface area contributed by atoms with Gasteiger partial charge in [-0.1, -0.05) is 39.1 Å². The Hall–Kier alpha value is -2.29. The molecule has 3 rings (SSSR count). The van der Waals surface area contributed by atoms with Gasteiger partial charge in [-0.25, -0.2) is 13.8 Å². The first-order valence-corrected chi connectivity index (χ1v) is 12.7. The second-order valence-electron chi connectivity index (χ2n) is 9.35. The Bertz CT molecular complexity index is 1330. The molecule has 1 atom stereocenters. The summed E-state index contributed by atoms with van der Waals surface area (Å²) >= 11 is 15.8. The molecule has 3 aromatic rings. The number of carbonyl (C=O) groups excluding carboxylic acids is 2. The van der Waals surface area contributed by atoms with Crippen LogP contribution in [0.4, 0.5) is 8.78 Å². The van der Waals surface area contributed by atoms with Crippen molar-refractivity contribution in [3.05, 3.63) is 73.3 Å². The van der Waals surface area contributed by atoms with Crippen LogP contribution in [0.5, 0.6) is 0 Å². The number of nitrogens with one attached hydrogen (secondary N) is 1. The number of nitrogens with zero attached hydrogens (tertiary/aromatic N) is 1. The highest BCUT2D eigenvalue weighted by molar-refractivity contribution is 9.10. The molecular formula is C26H25BrCl2F2N2O3. The number of fused-ring (bicyclic) bond motifs is 1. The zero-order valence-electron chi connectivity index (χ0n) is 20.1. The summed E-state index contributed by atoms with van der Waals surface area (Å²) in [4.78, 5) is 30.0. The van der Waals surface area contributed by atoms with Crippen molar-refractivity contribution < 1.29 is 23.1 Å². The monoisotopic (exact) mass is 600 g/mol. The average Bonchev–Trinajstić information content (AvgIpc) is 2.77. The first kappa shape index (κ1) is 28.3. The molecule has 1 N–H and O–H groups in total. The van der Waals surface area contributed by atoms with Gasteiger partial charge in [-0.3, -0.25) is 9.59 Å². The number of aromatic nitrogens is 1. The molecule has 0 bridgehead atoms. The molecule has 2 aromatic carbocycles. The molecule has 0 saturated heterocycles. The minimum absolute atomic E-state index is 0.0671. The first-order chi connectivity index (χ1) is 16.8. The van der Waals surface area contributed by atoms with Gasteiger partial charge >= 0.3 is 5.97 Å². The molecule has 0 fully saturated rings. The quantitative estimate of drug-likeness (QED) is 0.173. The van der Waals surface area contributed by atoms with Gasteiger partial charge in [0.1, 0.15) is 22.4 Å². The Morgan fingerprint density at radius 1 is 1.14 bits per heavy atom. The van der Waals surface area contributed by atoms with Gasteiger partial charge in [0.15, 0.2) is 0 Å². The van der Waals surface area contributed by atoms with E-state index in [1.54, 1.807) is 45.9 Å². The smallest absolute Gasteiger partial charge is 0.306 e. The van der Waals surface area contributed by atoms with Gasteiger partial charge in [0.05, 0.1) is 16.1 Å². The third kappa shape index (κ3) is 6.72. The van der Waals surface area contributed by atoms with E-state index in [-0.39, 0.29) is 30.1 Å². The van der Waals surface area contributed by atoms with E-state index in [0.29, 0.717) is 22.0 Å². The van der Waals surface area contributed by atoms with Crippen LogP contribution in [0.1, 0.15) is 61.0 Å². The number of hydrogen-bond acceptors (Lipinski definition) is 4. The summed E-state index contributed by atoms with van der Waals surface area (Å²) in [5, 5.41) is 3.14. The van der Waals surface area contributed by atoms with Crippen LogP contribution < -0.4 is 5.32 Å². The predicted octanol–water partition coefficient (Wildman–Crippen LogP) is 7.53. The Kier molecular flexibility index (Phi) is 8.96. The highest BCUT2D eigenvalue weighted by Gasteiger charge is 2.26. The number of rotatable bonds is 7. The molecule has 0 aliphatic heterocycles. The summed E-state index contributed by atoms with van der Waals surface area (Å²) in [7, 11) is 0. The molecule has 192 valence electrons. The Morgan fingerprint density at radius 2 is 1.81 bits per heavy atom. The maximum absolute atomic E-state index is 14.8. The van der Waals surface area contributed by atoms with E-state index in [1.165, 1.54) is 0 Å². The average molecular weight is 602 g/mol. The fraction of sp³-hybridized carbons (Fsp3) is 0.346. The number of benzene rings is 2. The summed E-state index contributed by atoms with van der Waals surface area (Å²) in [6, 6.07) is 7.16. The van der Waals surface area contributed by atoms with Crippen LogP contribution in [0.15, 0.2) is 34.8 Å². The van der Waals surface area contributed by atoms with Crippen LogP contribution in [0, 0.1) is 18.6 Å². The van der Waals surface area contributed by atoms with Crippen molar-refractivity contribution in [3.8, 4) is 0 Å². The van der Waals surface area contributed by atoms with Crippen molar-refractivity contribution in [2.75, 3.05) is 6.54 Å². The van der Waals surface area contributed by atoms with E-state index < -0.39 is 40.1 Å². The first-order valence-electron chi connectivity index (χ1n) is 11.2. The van der Waals surface area contributed by atoms with Gasteiger partial charge in [0.25, 0.3) is 5.91 Å². The molecule has 5 nitrogen and oxygen atoms in total. The van der Waals surface area contributed by atoms with E-state index in [0.717, 1.165) is 16.6 Å². The van der Waals surface area contributed by atoms with E-state index in [4.69, 9.17) is 27.9 Å². The molecule has 1 heterocycles. The number of amides is 1. The fourth-order valence-corrected chi connectivity index (χ4v) is 4.70. The van der Waals surface area contributed by atoms with E-state index in [2.05, 4.69) is 26.2 Å². The van der Waals surface area contributed by atoms with Crippen molar-refractivity contribution >= 4 is 61.9 Å². The molecule has 0 saturated carbocycles. The van der Waals surface area contributed by atoms with Crippen LogP contribution in [-0.2, 0) is 9.53 Å². The Labute approximate surface area is 226 Å². The predicted molar refractivity (Wildman–Crippen MR) is 141 cm³/mol. The molecule has 0 aliphatic carbocycles. The van der Waals surface area contributed by atoms with Crippen molar-refractivity contribution in [1.82, 2.24) is 10.3 Å². The Balaban J connectivity index is 1.92. The highest BCUT2D eigenvalue weighted by atomic mass is 79.9. The molecule has 0 spiro atoms. The minimum atomic E-state index is -0.805. The van der Waals surface area contributed by atoms with Crippen molar-refractivity contribution in [2.45, 2.75) is 52.1 Å². The third-order valence-corrected chi connectivity index (χ3v) is 6.72. The number of esters is 1. The number of carbonyl (C=O) groups is 2. The summed E-state index contributed by atoms with van der Waals surface area (Å²) < 4.78 is 35.1. The minimum Gasteiger partial charge on any atom is -0.460 e. The summed E-state index contributed by atoms with van der Waals surface area (Å²) in [5.74, 6) is -3.31. The Morgan fingerprint density at radius 3 is 2.47 bits per heavy atom.